The van der Waals surface area contributed by atoms with Crippen LogP contribution in [0.3, 0.4) is 0 Å². The van der Waals surface area contributed by atoms with Gasteiger partial charge in [-0.25, -0.2) is 9.97 Å². The molecule has 1 saturated heterocycles. The van der Waals surface area contributed by atoms with Crippen LogP contribution in [0.15, 0.2) is 30.7 Å². The molecule has 1 fully saturated rings. The van der Waals surface area contributed by atoms with Gasteiger partial charge in [-0.3, -0.25) is 9.59 Å². The third kappa shape index (κ3) is 4.02. The molecule has 9 heteroatoms. The van der Waals surface area contributed by atoms with Gasteiger partial charge in [0, 0.05) is 49.5 Å². The van der Waals surface area contributed by atoms with E-state index in [9.17, 15) is 9.59 Å². The number of hydrogen-bond donors (Lipinski definition) is 2. The normalized spacial score (nSPS) is 20.6. The lowest BCUT2D eigenvalue weighted by molar-refractivity contribution is -0.131. The number of rotatable bonds is 0. The largest absolute Gasteiger partial charge is 0.361 e. The minimum Gasteiger partial charge on any atom is -0.361 e. The van der Waals surface area contributed by atoms with Gasteiger partial charge in [0.1, 0.15) is 18.0 Å². The van der Waals surface area contributed by atoms with Gasteiger partial charge in [0.25, 0.3) is 5.91 Å². The summed E-state index contributed by atoms with van der Waals surface area (Å²) in [5.74, 6) is 1.22. The first kappa shape index (κ1) is 20.8. The molecule has 166 valence electrons. The van der Waals surface area contributed by atoms with Crippen molar-refractivity contribution in [2.45, 2.75) is 32.1 Å². The molecule has 2 aromatic rings. The van der Waals surface area contributed by atoms with Crippen LogP contribution in [0.4, 0.5) is 17.3 Å². The molecule has 6 rings (SSSR count). The van der Waals surface area contributed by atoms with Gasteiger partial charge in [0.05, 0.1) is 11.1 Å². The van der Waals surface area contributed by atoms with Gasteiger partial charge in [-0.1, -0.05) is 18.0 Å². The van der Waals surface area contributed by atoms with Crippen molar-refractivity contribution < 1.29 is 9.59 Å². The molecule has 4 aliphatic rings. The van der Waals surface area contributed by atoms with Crippen LogP contribution < -0.4 is 15.5 Å². The molecule has 0 aliphatic carbocycles. The average Bonchev–Trinajstić information content (AvgIpc) is 3.13. The lowest BCUT2D eigenvalue weighted by Crippen LogP contribution is -2.49. The standard InChI is InChI=1S/C23H25ClN6O2/c24-18-7-6-16-12-15(18)4-2-1-3-5-19(31)29-8-10-30(11-9-29)22-20-17(13-25-16)23(32)28-21(20)26-14-27-22/h6-7,12-14,25H,1-5,8-11H2,(H,26,27,28,32)/b17-13-. The second-order valence-corrected chi connectivity index (χ2v) is 8.72. The van der Waals surface area contributed by atoms with Crippen LogP contribution in [0.1, 0.15) is 36.8 Å². The van der Waals surface area contributed by atoms with Crippen LogP contribution in [0.5, 0.6) is 0 Å². The number of hydrogen-bond acceptors (Lipinski definition) is 6. The fourth-order valence-corrected chi connectivity index (χ4v) is 4.70. The maximum Gasteiger partial charge on any atom is 0.259 e. The van der Waals surface area contributed by atoms with E-state index < -0.39 is 0 Å². The smallest absolute Gasteiger partial charge is 0.259 e. The Balaban J connectivity index is 1.52. The number of carbonyl (C=O) groups is 2. The van der Waals surface area contributed by atoms with Crippen molar-refractivity contribution in [2.75, 3.05) is 41.7 Å². The summed E-state index contributed by atoms with van der Waals surface area (Å²) < 4.78 is 0. The molecule has 2 N–H and O–H groups in total. The number of amides is 2. The van der Waals surface area contributed by atoms with Gasteiger partial charge in [-0.2, -0.15) is 0 Å². The van der Waals surface area contributed by atoms with Crippen LogP contribution in [-0.2, 0) is 16.0 Å². The number of fused-ring (bicyclic) bond motifs is 8. The number of carbonyl (C=O) groups excluding carboxylic acids is 2. The molecular formula is C23H25ClN6O2. The number of nitrogens with one attached hydrogen (secondary N) is 2. The highest BCUT2D eigenvalue weighted by molar-refractivity contribution is 6.32. The van der Waals surface area contributed by atoms with Crippen molar-refractivity contribution in [3.63, 3.8) is 0 Å². The second kappa shape index (κ2) is 8.78. The molecule has 0 spiro atoms. The number of nitrogens with zero attached hydrogens (tertiary/aromatic N) is 4. The predicted molar refractivity (Wildman–Crippen MR) is 125 cm³/mol. The average molecular weight is 453 g/mol. The van der Waals surface area contributed by atoms with E-state index >= 15 is 0 Å². The first-order valence-corrected chi connectivity index (χ1v) is 11.4. The topological polar surface area (TPSA) is 90.5 Å². The summed E-state index contributed by atoms with van der Waals surface area (Å²) in [5, 5.41) is 6.83. The Hall–Kier alpha value is -3.13. The first-order chi connectivity index (χ1) is 15.6. The molecule has 32 heavy (non-hydrogen) atoms. The van der Waals surface area contributed by atoms with Crippen molar-refractivity contribution in [3.05, 3.63) is 46.9 Å². The number of aromatic nitrogens is 2. The molecular weight excluding hydrogens is 428 g/mol. The maximum atomic E-state index is 12.7. The Morgan fingerprint density at radius 3 is 2.56 bits per heavy atom. The number of benzene rings is 1. The van der Waals surface area contributed by atoms with Crippen molar-refractivity contribution in [3.8, 4) is 0 Å². The Kier molecular flexibility index (Phi) is 5.70. The third-order valence-corrected chi connectivity index (χ3v) is 6.64. The van der Waals surface area contributed by atoms with E-state index in [4.69, 9.17) is 11.6 Å². The van der Waals surface area contributed by atoms with E-state index in [0.717, 1.165) is 42.0 Å². The highest BCUT2D eigenvalue weighted by Gasteiger charge is 2.32. The Morgan fingerprint density at radius 1 is 0.938 bits per heavy atom. The number of aryl methyl sites for hydroxylation is 1. The summed E-state index contributed by atoms with van der Waals surface area (Å²) >= 11 is 6.40. The molecule has 1 aromatic heterocycles. The van der Waals surface area contributed by atoms with Gasteiger partial charge >= 0.3 is 0 Å². The van der Waals surface area contributed by atoms with Crippen LogP contribution in [0.2, 0.25) is 5.02 Å². The molecule has 5 heterocycles. The zero-order valence-electron chi connectivity index (χ0n) is 17.7. The quantitative estimate of drug-likeness (QED) is 0.637. The summed E-state index contributed by atoms with van der Waals surface area (Å²) in [6.45, 7) is 2.64. The highest BCUT2D eigenvalue weighted by atomic mass is 35.5. The summed E-state index contributed by atoms with van der Waals surface area (Å²) in [6, 6.07) is 5.78. The van der Waals surface area contributed by atoms with E-state index in [2.05, 4.69) is 25.5 Å². The van der Waals surface area contributed by atoms with Crippen molar-refractivity contribution >= 4 is 46.3 Å². The first-order valence-electron chi connectivity index (χ1n) is 11.0. The van der Waals surface area contributed by atoms with Crippen molar-refractivity contribution in [2.24, 2.45) is 0 Å². The molecule has 2 amide bonds. The molecule has 8 nitrogen and oxygen atoms in total. The molecule has 4 bridgehead atoms. The Morgan fingerprint density at radius 2 is 1.72 bits per heavy atom. The minimum atomic E-state index is -0.216. The lowest BCUT2D eigenvalue weighted by atomic mass is 10.0. The number of piperazine rings is 1. The summed E-state index contributed by atoms with van der Waals surface area (Å²) in [4.78, 5) is 38.2. The third-order valence-electron chi connectivity index (χ3n) is 6.27. The summed E-state index contributed by atoms with van der Waals surface area (Å²) in [5.41, 5.74) is 3.10. The van der Waals surface area contributed by atoms with E-state index in [1.54, 1.807) is 6.20 Å². The fraction of sp³-hybridized carbons (Fsp3) is 0.391. The predicted octanol–water partition coefficient (Wildman–Crippen LogP) is 3.30. The Bertz CT molecular complexity index is 1090. The molecule has 4 aliphatic heterocycles. The number of anilines is 3. The Labute approximate surface area is 191 Å². The van der Waals surface area contributed by atoms with E-state index in [1.165, 1.54) is 6.33 Å². The fourth-order valence-electron chi connectivity index (χ4n) is 4.49. The van der Waals surface area contributed by atoms with Crippen molar-refractivity contribution in [1.82, 2.24) is 14.9 Å². The van der Waals surface area contributed by atoms with Crippen LogP contribution in [0.25, 0.3) is 5.57 Å². The minimum absolute atomic E-state index is 0.209. The van der Waals surface area contributed by atoms with Gasteiger partial charge in [-0.15, -0.1) is 0 Å². The van der Waals surface area contributed by atoms with Gasteiger partial charge < -0.3 is 20.4 Å². The maximum absolute atomic E-state index is 12.7. The van der Waals surface area contributed by atoms with E-state index in [0.29, 0.717) is 55.4 Å². The SMILES string of the molecule is O=C1Nc2ncnc3c2/C1=C/Nc1ccc(Cl)c(c1)CCCCCC(=O)N1CCN3CC1. The zero-order chi connectivity index (χ0) is 22.1. The van der Waals surface area contributed by atoms with Crippen LogP contribution >= 0.6 is 11.6 Å². The number of halogens is 1. The lowest BCUT2D eigenvalue weighted by Gasteiger charge is -2.36. The zero-order valence-corrected chi connectivity index (χ0v) is 18.5. The van der Waals surface area contributed by atoms with Gasteiger partial charge in [0.2, 0.25) is 5.91 Å². The van der Waals surface area contributed by atoms with Crippen LogP contribution in [-0.4, -0.2) is 52.9 Å². The molecule has 0 radical (unpaired) electrons. The van der Waals surface area contributed by atoms with E-state index in [-0.39, 0.29) is 11.8 Å². The molecule has 0 saturated carbocycles. The molecule has 0 unspecified atom stereocenters. The summed E-state index contributed by atoms with van der Waals surface area (Å²) in [7, 11) is 0. The van der Waals surface area contributed by atoms with Gasteiger partial charge in [-0.05, 0) is 43.0 Å². The van der Waals surface area contributed by atoms with Crippen LogP contribution in [0, 0.1) is 0 Å². The van der Waals surface area contributed by atoms with E-state index in [1.807, 2.05) is 23.1 Å². The molecule has 0 atom stereocenters. The second-order valence-electron chi connectivity index (χ2n) is 8.31. The summed E-state index contributed by atoms with van der Waals surface area (Å²) in [6.07, 6.45) is 7.44. The monoisotopic (exact) mass is 452 g/mol. The highest BCUT2D eigenvalue weighted by Crippen LogP contribution is 2.37. The molecule has 1 aromatic carbocycles. The van der Waals surface area contributed by atoms with Crippen molar-refractivity contribution in [1.29, 1.82) is 0 Å². The van der Waals surface area contributed by atoms with Gasteiger partial charge in [0.15, 0.2) is 0 Å².